The highest BCUT2D eigenvalue weighted by atomic mass is 79.9. The van der Waals surface area contributed by atoms with E-state index in [2.05, 4.69) is 41.8 Å². The summed E-state index contributed by atoms with van der Waals surface area (Å²) >= 11 is 5.03. The lowest BCUT2D eigenvalue weighted by Crippen LogP contribution is -2.49. The van der Waals surface area contributed by atoms with Crippen LogP contribution < -0.4 is 9.64 Å². The fraction of sp³-hybridized carbons (Fsp3) is 0.182. The molecule has 1 aliphatic rings. The number of fused-ring (bicyclic) bond motifs is 1. The minimum atomic E-state index is -0.0236. The first-order chi connectivity index (χ1) is 15.2. The lowest BCUT2D eigenvalue weighted by molar-refractivity contribution is 0.0746. The maximum absolute atomic E-state index is 12.9. The lowest BCUT2D eigenvalue weighted by Gasteiger charge is -2.35. The summed E-state index contributed by atoms with van der Waals surface area (Å²) in [5.41, 5.74) is 0.553. The predicted octanol–water partition coefficient (Wildman–Crippen LogP) is 4.60. The molecule has 1 aliphatic heterocycles. The molecular formula is C22H18BrN5O2S. The normalized spacial score (nSPS) is 14.1. The minimum absolute atomic E-state index is 0.0236. The van der Waals surface area contributed by atoms with Crippen molar-refractivity contribution < 1.29 is 9.53 Å². The first-order valence-corrected chi connectivity index (χ1v) is 11.5. The van der Waals surface area contributed by atoms with E-state index in [1.165, 1.54) is 0 Å². The summed E-state index contributed by atoms with van der Waals surface area (Å²) < 4.78 is 6.68. The van der Waals surface area contributed by atoms with Crippen LogP contribution in [0.4, 0.5) is 5.82 Å². The Bertz CT molecular complexity index is 1220. The molecule has 0 unspecified atom stereocenters. The van der Waals surface area contributed by atoms with Crippen LogP contribution in [0.25, 0.3) is 10.2 Å². The Kier molecular flexibility index (Phi) is 5.52. The fourth-order valence-corrected chi connectivity index (χ4v) is 4.66. The van der Waals surface area contributed by atoms with E-state index in [1.54, 1.807) is 36.0 Å². The smallest absolute Gasteiger partial charge is 0.255 e. The number of ether oxygens (including phenoxy) is 1. The number of thiophene rings is 1. The Labute approximate surface area is 191 Å². The van der Waals surface area contributed by atoms with E-state index in [-0.39, 0.29) is 5.91 Å². The third kappa shape index (κ3) is 4.24. The molecule has 0 saturated carbocycles. The van der Waals surface area contributed by atoms with Crippen LogP contribution in [-0.4, -0.2) is 51.9 Å². The molecule has 0 aliphatic carbocycles. The van der Waals surface area contributed by atoms with Gasteiger partial charge in [0.05, 0.1) is 10.9 Å². The van der Waals surface area contributed by atoms with Gasteiger partial charge in [0.2, 0.25) is 5.88 Å². The van der Waals surface area contributed by atoms with Crippen LogP contribution in [-0.2, 0) is 0 Å². The van der Waals surface area contributed by atoms with E-state index in [0.29, 0.717) is 30.3 Å². The van der Waals surface area contributed by atoms with E-state index in [9.17, 15) is 4.79 Å². The number of carbonyl (C=O) groups excluding carboxylic acids is 1. The number of hydrogen-bond acceptors (Lipinski definition) is 7. The molecule has 3 aromatic heterocycles. The van der Waals surface area contributed by atoms with Crippen molar-refractivity contribution in [2.75, 3.05) is 31.1 Å². The second kappa shape index (κ2) is 8.60. The molecule has 1 fully saturated rings. The van der Waals surface area contributed by atoms with E-state index in [1.807, 2.05) is 34.5 Å². The van der Waals surface area contributed by atoms with E-state index >= 15 is 0 Å². The van der Waals surface area contributed by atoms with Gasteiger partial charge in [-0.25, -0.2) is 15.0 Å². The maximum atomic E-state index is 12.9. The Morgan fingerprint density at radius 1 is 1.03 bits per heavy atom. The average Bonchev–Trinajstić information content (AvgIpc) is 3.28. The number of pyridine rings is 1. The monoisotopic (exact) mass is 495 g/mol. The molecule has 0 N–H and O–H groups in total. The molecular weight excluding hydrogens is 478 g/mol. The molecule has 5 rings (SSSR count). The van der Waals surface area contributed by atoms with Crippen LogP contribution >= 0.6 is 27.3 Å². The van der Waals surface area contributed by atoms with Crippen molar-refractivity contribution in [1.29, 1.82) is 0 Å². The molecule has 0 atom stereocenters. The molecule has 4 aromatic rings. The van der Waals surface area contributed by atoms with Crippen molar-refractivity contribution in [2.24, 2.45) is 0 Å². The average molecular weight is 496 g/mol. The van der Waals surface area contributed by atoms with Crippen LogP contribution in [0.3, 0.4) is 0 Å². The first kappa shape index (κ1) is 19.9. The third-order valence-electron chi connectivity index (χ3n) is 5.11. The van der Waals surface area contributed by atoms with Crippen molar-refractivity contribution in [3.8, 4) is 11.6 Å². The molecule has 9 heteroatoms. The zero-order valence-electron chi connectivity index (χ0n) is 16.4. The number of piperazine rings is 1. The Morgan fingerprint density at radius 3 is 2.68 bits per heavy atom. The number of benzene rings is 1. The van der Waals surface area contributed by atoms with Crippen LogP contribution in [0.5, 0.6) is 11.6 Å². The number of anilines is 1. The largest absolute Gasteiger partial charge is 0.439 e. The molecule has 1 saturated heterocycles. The van der Waals surface area contributed by atoms with Gasteiger partial charge in [-0.15, -0.1) is 11.3 Å². The first-order valence-electron chi connectivity index (χ1n) is 9.79. The number of rotatable bonds is 4. The standard InChI is InChI=1S/C22H18BrN5O2S/c23-16-2-1-3-17(12-16)30-19-5-4-15(13-24-19)22(29)28-9-7-27(8-10-28)20-18-6-11-31-21(18)26-14-25-20/h1-6,11-14H,7-10H2. The molecule has 31 heavy (non-hydrogen) atoms. The predicted molar refractivity (Wildman–Crippen MR) is 124 cm³/mol. The molecule has 1 amide bonds. The maximum Gasteiger partial charge on any atom is 0.255 e. The Balaban J connectivity index is 1.23. The van der Waals surface area contributed by atoms with Crippen molar-refractivity contribution >= 4 is 49.2 Å². The SMILES string of the molecule is O=C(c1ccc(Oc2cccc(Br)c2)nc1)N1CCN(c2ncnc3sccc23)CC1. The summed E-state index contributed by atoms with van der Waals surface area (Å²) in [6.07, 6.45) is 3.18. The number of nitrogens with zero attached hydrogens (tertiary/aromatic N) is 5. The van der Waals surface area contributed by atoms with Crippen molar-refractivity contribution in [3.63, 3.8) is 0 Å². The van der Waals surface area contributed by atoms with Crippen molar-refractivity contribution in [1.82, 2.24) is 19.9 Å². The van der Waals surface area contributed by atoms with Crippen molar-refractivity contribution in [2.45, 2.75) is 0 Å². The van der Waals surface area contributed by atoms with Crippen LogP contribution in [0.15, 0.2) is 64.8 Å². The summed E-state index contributed by atoms with van der Waals surface area (Å²) in [5, 5.41) is 3.09. The van der Waals surface area contributed by atoms with Crippen LogP contribution in [0.2, 0.25) is 0 Å². The van der Waals surface area contributed by atoms with Gasteiger partial charge in [0.1, 0.15) is 22.7 Å². The quantitative estimate of drug-likeness (QED) is 0.411. The summed E-state index contributed by atoms with van der Waals surface area (Å²) in [6, 6.07) is 13.1. The Morgan fingerprint density at radius 2 is 1.90 bits per heavy atom. The molecule has 1 aromatic carbocycles. The topological polar surface area (TPSA) is 71.5 Å². The lowest BCUT2D eigenvalue weighted by atomic mass is 10.2. The van der Waals surface area contributed by atoms with Gasteiger partial charge in [-0.3, -0.25) is 4.79 Å². The van der Waals surface area contributed by atoms with Gasteiger partial charge in [0, 0.05) is 42.9 Å². The van der Waals surface area contributed by atoms with Gasteiger partial charge in [0.25, 0.3) is 5.91 Å². The van der Waals surface area contributed by atoms with Gasteiger partial charge in [-0.05, 0) is 35.7 Å². The molecule has 156 valence electrons. The van der Waals surface area contributed by atoms with Gasteiger partial charge < -0.3 is 14.5 Å². The molecule has 4 heterocycles. The second-order valence-corrected chi connectivity index (χ2v) is 8.87. The number of hydrogen-bond donors (Lipinski definition) is 0. The molecule has 7 nitrogen and oxygen atoms in total. The number of aromatic nitrogens is 3. The highest BCUT2D eigenvalue weighted by Gasteiger charge is 2.24. The third-order valence-corrected chi connectivity index (χ3v) is 6.42. The molecule has 0 radical (unpaired) electrons. The van der Waals surface area contributed by atoms with Gasteiger partial charge >= 0.3 is 0 Å². The zero-order valence-corrected chi connectivity index (χ0v) is 18.8. The van der Waals surface area contributed by atoms with Gasteiger partial charge in [-0.1, -0.05) is 22.0 Å². The second-order valence-electron chi connectivity index (χ2n) is 7.06. The van der Waals surface area contributed by atoms with E-state index in [4.69, 9.17) is 4.74 Å². The highest BCUT2D eigenvalue weighted by Crippen LogP contribution is 2.28. The summed E-state index contributed by atoms with van der Waals surface area (Å²) in [7, 11) is 0. The Hall–Kier alpha value is -3.04. The molecule has 0 spiro atoms. The van der Waals surface area contributed by atoms with E-state index < -0.39 is 0 Å². The number of halogens is 1. The highest BCUT2D eigenvalue weighted by molar-refractivity contribution is 9.10. The zero-order chi connectivity index (χ0) is 21.2. The fourth-order valence-electron chi connectivity index (χ4n) is 3.55. The van der Waals surface area contributed by atoms with Crippen molar-refractivity contribution in [3.05, 3.63) is 70.4 Å². The van der Waals surface area contributed by atoms with Gasteiger partial charge in [0.15, 0.2) is 0 Å². The van der Waals surface area contributed by atoms with Crippen LogP contribution in [0, 0.1) is 0 Å². The summed E-state index contributed by atoms with van der Waals surface area (Å²) in [4.78, 5) is 31.1. The number of amides is 1. The summed E-state index contributed by atoms with van der Waals surface area (Å²) in [6.45, 7) is 2.71. The van der Waals surface area contributed by atoms with Gasteiger partial charge in [-0.2, -0.15) is 0 Å². The molecule has 0 bridgehead atoms. The summed E-state index contributed by atoms with van der Waals surface area (Å²) in [5.74, 6) is 2.04. The van der Waals surface area contributed by atoms with Crippen LogP contribution in [0.1, 0.15) is 10.4 Å². The minimum Gasteiger partial charge on any atom is -0.439 e. The number of carbonyl (C=O) groups is 1. The van der Waals surface area contributed by atoms with E-state index in [0.717, 1.165) is 33.6 Å².